The van der Waals surface area contributed by atoms with Gasteiger partial charge in [0.15, 0.2) is 22.8 Å². The maximum absolute atomic E-state index is 14.5. The molecule has 7 nitrogen and oxygen atoms in total. The van der Waals surface area contributed by atoms with Gasteiger partial charge in [-0.15, -0.1) is 0 Å². The number of phenolic OH excluding ortho intramolecular Hbond substituents is 1. The standard InChI is InChI=1S/C33H38O7/c1-17(2)8-9-21-27-20(11-12-30(4,5)38-27)25(35)24-26(36)22-14-19-15-23-31(6,7)40-32(29(19)37,13-10-18(3)16-34)33(22,23)39-28(21)24/h8,10-12,14,19,23,34-35H,9,13,15-16H2,1-7H3/b18-10+/t19?,23?,32?,33-/m1/s1. The molecule has 7 heteroatoms. The van der Waals surface area contributed by atoms with E-state index in [0.29, 0.717) is 40.9 Å². The van der Waals surface area contributed by atoms with Crippen molar-refractivity contribution in [2.45, 2.75) is 90.1 Å². The SMILES string of the molecule is CC(C)=CCc1c2c(c(O)c3c1O[C@]14C(=CC5CC1C(C)(C)OC4(C/C=C(\C)CO)C5=O)C3=O)C=CC(C)(C)O2. The third-order valence-electron chi connectivity index (χ3n) is 9.32. The highest BCUT2D eigenvalue weighted by Gasteiger charge is 2.81. The number of Topliss-reactive ketones (excluding diaryl/α,β-unsaturated/α-hetero) is 2. The van der Waals surface area contributed by atoms with Crippen molar-refractivity contribution >= 4 is 17.6 Å². The first-order chi connectivity index (χ1) is 18.7. The first-order valence-corrected chi connectivity index (χ1v) is 14.1. The van der Waals surface area contributed by atoms with Crippen LogP contribution in [0.25, 0.3) is 6.08 Å². The summed E-state index contributed by atoms with van der Waals surface area (Å²) in [6.45, 7) is 13.4. The van der Waals surface area contributed by atoms with Gasteiger partial charge in [0.2, 0.25) is 0 Å². The normalized spacial score (nSPS) is 32.0. The van der Waals surface area contributed by atoms with Crippen molar-refractivity contribution in [3.8, 4) is 17.2 Å². The highest BCUT2D eigenvalue weighted by Crippen LogP contribution is 2.68. The molecule has 0 amide bonds. The van der Waals surface area contributed by atoms with Gasteiger partial charge in [0, 0.05) is 29.4 Å². The fourth-order valence-electron chi connectivity index (χ4n) is 7.44. The molecule has 2 fully saturated rings. The summed E-state index contributed by atoms with van der Waals surface area (Å²) in [7, 11) is 0. The number of carbonyl (C=O) groups excluding carboxylic acids is 2. The van der Waals surface area contributed by atoms with E-state index in [0.717, 1.165) is 5.57 Å². The van der Waals surface area contributed by atoms with E-state index in [-0.39, 0.29) is 47.6 Å². The third kappa shape index (κ3) is 3.37. The molecule has 1 aromatic carbocycles. The number of fused-ring (bicyclic) bond motifs is 2. The van der Waals surface area contributed by atoms with Gasteiger partial charge in [-0.05, 0) is 73.5 Å². The van der Waals surface area contributed by atoms with Crippen LogP contribution in [0.5, 0.6) is 17.2 Å². The van der Waals surface area contributed by atoms with E-state index in [4.69, 9.17) is 14.2 Å². The molecule has 1 saturated heterocycles. The lowest BCUT2D eigenvalue weighted by Crippen LogP contribution is -2.72. The van der Waals surface area contributed by atoms with E-state index >= 15 is 0 Å². The maximum atomic E-state index is 14.5. The number of aromatic hydroxyl groups is 1. The van der Waals surface area contributed by atoms with Crippen LogP contribution in [-0.4, -0.2) is 50.8 Å². The van der Waals surface area contributed by atoms with Gasteiger partial charge in [-0.2, -0.15) is 0 Å². The maximum Gasteiger partial charge on any atom is 0.200 e. The predicted octanol–water partition coefficient (Wildman–Crippen LogP) is 5.42. The largest absolute Gasteiger partial charge is 0.506 e. The van der Waals surface area contributed by atoms with Crippen LogP contribution in [0, 0.1) is 11.8 Å². The lowest BCUT2D eigenvalue weighted by Gasteiger charge is -2.56. The van der Waals surface area contributed by atoms with Crippen LogP contribution in [0.2, 0.25) is 0 Å². The number of ether oxygens (including phenoxy) is 3. The first-order valence-electron chi connectivity index (χ1n) is 14.1. The van der Waals surface area contributed by atoms with Crippen LogP contribution in [0.1, 0.15) is 82.8 Å². The summed E-state index contributed by atoms with van der Waals surface area (Å²) < 4.78 is 20.2. The summed E-state index contributed by atoms with van der Waals surface area (Å²) >= 11 is 0. The third-order valence-corrected chi connectivity index (χ3v) is 9.32. The Labute approximate surface area is 235 Å². The van der Waals surface area contributed by atoms with Crippen molar-refractivity contribution in [3.05, 3.63) is 57.7 Å². The Hall–Kier alpha value is -3.16. The van der Waals surface area contributed by atoms with Gasteiger partial charge in [0.25, 0.3) is 0 Å². The van der Waals surface area contributed by atoms with Gasteiger partial charge in [-0.3, -0.25) is 9.59 Å². The fourth-order valence-corrected chi connectivity index (χ4v) is 7.44. The summed E-state index contributed by atoms with van der Waals surface area (Å²) in [5, 5.41) is 21.3. The van der Waals surface area contributed by atoms with Gasteiger partial charge in [-0.1, -0.05) is 29.4 Å². The fraction of sp³-hybridized carbons (Fsp3) is 0.515. The number of hydrogen-bond donors (Lipinski definition) is 2. The highest BCUT2D eigenvalue weighted by molar-refractivity contribution is 6.19. The summed E-state index contributed by atoms with van der Waals surface area (Å²) in [4.78, 5) is 28.7. The molecule has 3 aliphatic carbocycles. The van der Waals surface area contributed by atoms with Crippen LogP contribution in [0.4, 0.5) is 0 Å². The van der Waals surface area contributed by atoms with Crippen molar-refractivity contribution in [1.29, 1.82) is 0 Å². The molecule has 1 aromatic rings. The Morgan fingerprint density at radius 1 is 1.07 bits per heavy atom. The molecule has 7 rings (SSSR count). The molecule has 1 spiro atoms. The Morgan fingerprint density at radius 2 is 1.80 bits per heavy atom. The van der Waals surface area contributed by atoms with Gasteiger partial charge in [0.1, 0.15) is 28.4 Å². The lowest BCUT2D eigenvalue weighted by atomic mass is 9.51. The number of phenols is 1. The van der Waals surface area contributed by atoms with Gasteiger partial charge in [0.05, 0.1) is 17.8 Å². The van der Waals surface area contributed by atoms with Crippen molar-refractivity contribution in [2.75, 3.05) is 6.61 Å². The zero-order valence-electron chi connectivity index (χ0n) is 24.3. The first kappa shape index (κ1) is 27.0. The van der Waals surface area contributed by atoms with Gasteiger partial charge >= 0.3 is 0 Å². The summed E-state index contributed by atoms with van der Waals surface area (Å²) in [6, 6.07) is 0. The average molecular weight is 547 g/mol. The molecule has 6 aliphatic rings. The zero-order chi connectivity index (χ0) is 29.0. The molecule has 3 heterocycles. The Kier molecular flexibility index (Phi) is 5.70. The topological polar surface area (TPSA) is 102 Å². The second-order valence-corrected chi connectivity index (χ2v) is 13.2. The van der Waals surface area contributed by atoms with Crippen LogP contribution >= 0.6 is 0 Å². The van der Waals surface area contributed by atoms with Gasteiger partial charge in [-0.25, -0.2) is 0 Å². The van der Waals surface area contributed by atoms with Crippen molar-refractivity contribution in [3.63, 3.8) is 0 Å². The van der Waals surface area contributed by atoms with E-state index in [1.807, 2.05) is 65.8 Å². The van der Waals surface area contributed by atoms with Crippen LogP contribution in [0.15, 0.2) is 41.0 Å². The second-order valence-electron chi connectivity index (χ2n) is 13.2. The van der Waals surface area contributed by atoms with Crippen molar-refractivity contribution < 1.29 is 34.0 Å². The molecule has 2 N–H and O–H groups in total. The molecule has 1 saturated carbocycles. The number of benzene rings is 1. The minimum Gasteiger partial charge on any atom is -0.506 e. The number of allylic oxidation sites excluding steroid dienone is 3. The minimum atomic E-state index is -1.45. The van der Waals surface area contributed by atoms with E-state index < -0.39 is 28.3 Å². The molecule has 0 radical (unpaired) electrons. The molecular formula is C33H38O7. The lowest BCUT2D eigenvalue weighted by molar-refractivity contribution is -0.171. The number of ketones is 2. The van der Waals surface area contributed by atoms with Crippen LogP contribution in [0.3, 0.4) is 0 Å². The highest BCUT2D eigenvalue weighted by atomic mass is 16.6. The summed E-state index contributed by atoms with van der Waals surface area (Å²) in [6.07, 6.45) is 10.4. The number of aliphatic hydroxyl groups is 1. The average Bonchev–Trinajstić information content (AvgIpc) is 3.03. The molecule has 212 valence electrons. The van der Waals surface area contributed by atoms with Crippen LogP contribution in [-0.2, 0) is 16.0 Å². The van der Waals surface area contributed by atoms with E-state index in [9.17, 15) is 19.8 Å². The molecule has 0 aromatic heterocycles. The summed E-state index contributed by atoms with van der Waals surface area (Å²) in [5.41, 5.74) is -0.823. The minimum absolute atomic E-state index is 0.107. The molecule has 40 heavy (non-hydrogen) atoms. The number of hydrogen-bond acceptors (Lipinski definition) is 7. The monoisotopic (exact) mass is 546 g/mol. The zero-order valence-corrected chi connectivity index (χ0v) is 24.3. The number of aliphatic hydroxyl groups excluding tert-OH is 1. The van der Waals surface area contributed by atoms with Crippen LogP contribution < -0.4 is 9.47 Å². The summed E-state index contributed by atoms with van der Waals surface area (Å²) in [5.74, 6) is -0.661. The molecule has 4 atom stereocenters. The Bertz CT molecular complexity index is 1480. The Morgan fingerprint density at radius 3 is 2.48 bits per heavy atom. The Balaban J connectivity index is 1.66. The molecule has 4 bridgehead atoms. The van der Waals surface area contributed by atoms with E-state index in [1.54, 1.807) is 13.0 Å². The number of rotatable bonds is 5. The number of carbonyl (C=O) groups is 2. The van der Waals surface area contributed by atoms with E-state index in [1.165, 1.54) is 0 Å². The van der Waals surface area contributed by atoms with Crippen molar-refractivity contribution in [1.82, 2.24) is 0 Å². The molecule has 3 aliphatic heterocycles. The second kappa shape index (κ2) is 8.43. The molecule has 3 unspecified atom stereocenters. The molecular weight excluding hydrogens is 508 g/mol. The quantitative estimate of drug-likeness (QED) is 0.476. The van der Waals surface area contributed by atoms with Crippen molar-refractivity contribution in [2.24, 2.45) is 11.8 Å². The smallest absolute Gasteiger partial charge is 0.200 e. The van der Waals surface area contributed by atoms with E-state index in [2.05, 4.69) is 0 Å². The van der Waals surface area contributed by atoms with Gasteiger partial charge < -0.3 is 24.4 Å². The predicted molar refractivity (Wildman–Crippen MR) is 151 cm³/mol.